The molecule has 0 saturated carbocycles. The fourth-order valence-corrected chi connectivity index (χ4v) is 3.11. The number of hydrogen-bond donors (Lipinski definition) is 1. The molecule has 0 spiro atoms. The monoisotopic (exact) mass is 241 g/mol. The van der Waals surface area contributed by atoms with E-state index in [9.17, 15) is 4.79 Å². The second kappa shape index (κ2) is 3.93. The number of benzene rings is 2. The number of thioether (sulfide) groups is 1. The molecule has 0 atom stereocenters. The third-order valence-corrected chi connectivity index (χ3v) is 4.00. The predicted octanol–water partition coefficient (Wildman–Crippen LogP) is 3.11. The first-order valence-electron chi connectivity index (χ1n) is 5.40. The first-order valence-corrected chi connectivity index (χ1v) is 6.39. The van der Waals surface area contributed by atoms with E-state index >= 15 is 0 Å². The van der Waals surface area contributed by atoms with Gasteiger partial charge in [-0.3, -0.25) is 4.79 Å². The largest absolute Gasteiger partial charge is 0.399 e. The summed E-state index contributed by atoms with van der Waals surface area (Å²) in [6.07, 6.45) is 0. The van der Waals surface area contributed by atoms with Crippen LogP contribution in [-0.2, 0) is 5.75 Å². The van der Waals surface area contributed by atoms with Gasteiger partial charge in [-0.2, -0.15) is 0 Å². The van der Waals surface area contributed by atoms with Gasteiger partial charge in [0.15, 0.2) is 5.78 Å². The molecule has 1 heterocycles. The second-order valence-corrected chi connectivity index (χ2v) is 5.05. The van der Waals surface area contributed by atoms with E-state index in [0.29, 0.717) is 5.69 Å². The first-order chi connectivity index (χ1) is 8.25. The van der Waals surface area contributed by atoms with Crippen LogP contribution in [0.25, 0.3) is 0 Å². The van der Waals surface area contributed by atoms with Gasteiger partial charge in [-0.05, 0) is 23.8 Å². The van der Waals surface area contributed by atoms with Gasteiger partial charge in [-0.25, -0.2) is 0 Å². The minimum atomic E-state index is 0.0978. The molecule has 84 valence electrons. The Morgan fingerprint density at radius 1 is 1.06 bits per heavy atom. The predicted molar refractivity (Wildman–Crippen MR) is 70.3 cm³/mol. The number of ketones is 1. The van der Waals surface area contributed by atoms with Crippen molar-refractivity contribution >= 4 is 23.2 Å². The maximum Gasteiger partial charge on any atom is 0.194 e. The van der Waals surface area contributed by atoms with Crippen molar-refractivity contribution in [1.29, 1.82) is 0 Å². The maximum absolute atomic E-state index is 12.4. The molecule has 0 fully saturated rings. The van der Waals surface area contributed by atoms with Crippen LogP contribution in [-0.4, -0.2) is 5.78 Å². The zero-order valence-electron chi connectivity index (χ0n) is 9.14. The van der Waals surface area contributed by atoms with Crippen molar-refractivity contribution in [2.45, 2.75) is 10.6 Å². The van der Waals surface area contributed by atoms with Gasteiger partial charge in [0.25, 0.3) is 0 Å². The summed E-state index contributed by atoms with van der Waals surface area (Å²) in [7, 11) is 0. The van der Waals surface area contributed by atoms with Crippen molar-refractivity contribution in [2.75, 3.05) is 5.73 Å². The minimum absolute atomic E-state index is 0.0978. The van der Waals surface area contributed by atoms with Gasteiger partial charge in [0.1, 0.15) is 0 Å². The van der Waals surface area contributed by atoms with Crippen molar-refractivity contribution < 1.29 is 4.79 Å². The fourth-order valence-electron chi connectivity index (χ4n) is 2.01. The lowest BCUT2D eigenvalue weighted by atomic mass is 9.99. The molecule has 1 aliphatic rings. The number of rotatable bonds is 0. The molecule has 0 aliphatic carbocycles. The van der Waals surface area contributed by atoms with Crippen LogP contribution < -0.4 is 5.73 Å². The highest BCUT2D eigenvalue weighted by Crippen LogP contribution is 2.34. The number of anilines is 1. The van der Waals surface area contributed by atoms with E-state index in [4.69, 9.17) is 5.73 Å². The molecule has 0 bridgehead atoms. The lowest BCUT2D eigenvalue weighted by molar-refractivity contribution is 0.103. The normalized spacial score (nSPS) is 13.8. The molecule has 0 saturated heterocycles. The van der Waals surface area contributed by atoms with Crippen LogP contribution in [0.4, 0.5) is 5.69 Å². The average molecular weight is 241 g/mol. The minimum Gasteiger partial charge on any atom is -0.399 e. The highest BCUT2D eigenvalue weighted by atomic mass is 32.2. The van der Waals surface area contributed by atoms with Crippen molar-refractivity contribution in [2.24, 2.45) is 0 Å². The van der Waals surface area contributed by atoms with Crippen molar-refractivity contribution in [3.8, 4) is 0 Å². The van der Waals surface area contributed by atoms with E-state index in [-0.39, 0.29) is 5.78 Å². The number of hydrogen-bond acceptors (Lipinski definition) is 3. The first kappa shape index (κ1) is 10.4. The third-order valence-electron chi connectivity index (χ3n) is 2.90. The molecule has 3 heteroatoms. The smallest absolute Gasteiger partial charge is 0.194 e. The molecule has 17 heavy (non-hydrogen) atoms. The van der Waals surface area contributed by atoms with Crippen molar-refractivity contribution in [1.82, 2.24) is 0 Å². The molecular weight excluding hydrogens is 230 g/mol. The maximum atomic E-state index is 12.4. The number of fused-ring (bicyclic) bond motifs is 2. The third kappa shape index (κ3) is 1.72. The van der Waals surface area contributed by atoms with E-state index in [1.54, 1.807) is 17.8 Å². The lowest BCUT2D eigenvalue weighted by Gasteiger charge is -2.04. The van der Waals surface area contributed by atoms with Crippen molar-refractivity contribution in [3.05, 3.63) is 59.2 Å². The number of carbonyl (C=O) groups excluding carboxylic acids is 1. The van der Waals surface area contributed by atoms with E-state index in [1.807, 2.05) is 36.4 Å². The van der Waals surface area contributed by atoms with E-state index in [1.165, 1.54) is 0 Å². The molecule has 2 N–H and O–H groups in total. The topological polar surface area (TPSA) is 43.1 Å². The van der Waals surface area contributed by atoms with Crippen molar-refractivity contribution in [3.63, 3.8) is 0 Å². The Kier molecular flexibility index (Phi) is 2.41. The van der Waals surface area contributed by atoms with Crippen LogP contribution in [0.1, 0.15) is 21.5 Å². The Balaban J connectivity index is 2.20. The molecule has 0 radical (unpaired) electrons. The van der Waals surface area contributed by atoms with Gasteiger partial charge in [-0.1, -0.05) is 24.3 Å². The zero-order valence-corrected chi connectivity index (χ0v) is 9.96. The van der Waals surface area contributed by atoms with Gasteiger partial charge >= 0.3 is 0 Å². The Morgan fingerprint density at radius 3 is 2.76 bits per heavy atom. The number of nitrogens with two attached hydrogens (primary N) is 1. The van der Waals surface area contributed by atoms with Gasteiger partial charge in [0.2, 0.25) is 0 Å². The Hall–Kier alpha value is -1.74. The van der Waals surface area contributed by atoms with Crippen LogP contribution >= 0.6 is 11.8 Å². The summed E-state index contributed by atoms with van der Waals surface area (Å²) in [6, 6.07) is 13.3. The van der Waals surface area contributed by atoms with E-state index < -0.39 is 0 Å². The quantitative estimate of drug-likeness (QED) is 0.721. The molecule has 0 aromatic heterocycles. The van der Waals surface area contributed by atoms with Gasteiger partial charge < -0.3 is 5.73 Å². The van der Waals surface area contributed by atoms with Gasteiger partial charge in [0, 0.05) is 27.5 Å². The molecular formula is C14H11NOS. The number of carbonyl (C=O) groups is 1. The van der Waals surface area contributed by atoms with Crippen LogP contribution in [0, 0.1) is 0 Å². The highest BCUT2D eigenvalue weighted by Gasteiger charge is 2.20. The summed E-state index contributed by atoms with van der Waals surface area (Å²) in [5.41, 5.74) is 9.12. The van der Waals surface area contributed by atoms with E-state index in [0.717, 1.165) is 27.3 Å². The van der Waals surface area contributed by atoms with E-state index in [2.05, 4.69) is 0 Å². The Morgan fingerprint density at radius 2 is 1.88 bits per heavy atom. The van der Waals surface area contributed by atoms with Crippen LogP contribution in [0.5, 0.6) is 0 Å². The summed E-state index contributed by atoms with van der Waals surface area (Å²) in [6.45, 7) is 0. The molecule has 2 aromatic carbocycles. The standard InChI is InChI=1S/C14H11NOS/c15-10-5-6-12-13(7-10)17-8-9-3-1-2-4-11(9)14(12)16/h1-7H,8,15H2. The van der Waals surface area contributed by atoms with Crippen LogP contribution in [0.2, 0.25) is 0 Å². The average Bonchev–Trinajstić information content (AvgIpc) is 2.48. The zero-order chi connectivity index (χ0) is 11.8. The van der Waals surface area contributed by atoms with Gasteiger partial charge in [0.05, 0.1) is 0 Å². The molecule has 1 aliphatic heterocycles. The number of nitrogen functional groups attached to an aromatic ring is 1. The molecule has 0 unspecified atom stereocenters. The molecule has 2 aromatic rings. The van der Waals surface area contributed by atoms with Crippen LogP contribution in [0.15, 0.2) is 47.4 Å². The van der Waals surface area contributed by atoms with Crippen LogP contribution in [0.3, 0.4) is 0 Å². The summed E-state index contributed by atoms with van der Waals surface area (Å²) in [5, 5.41) is 0. The molecule has 2 nitrogen and oxygen atoms in total. The molecule has 3 rings (SSSR count). The summed E-state index contributed by atoms with van der Waals surface area (Å²) in [4.78, 5) is 13.4. The Labute approximate surface area is 104 Å². The summed E-state index contributed by atoms with van der Waals surface area (Å²) < 4.78 is 0. The lowest BCUT2D eigenvalue weighted by Crippen LogP contribution is -2.03. The Bertz CT molecular complexity index is 607. The fraction of sp³-hybridized carbons (Fsp3) is 0.0714. The SMILES string of the molecule is Nc1ccc2c(c1)SCc1ccccc1C2=O. The summed E-state index contributed by atoms with van der Waals surface area (Å²) >= 11 is 1.67. The summed E-state index contributed by atoms with van der Waals surface area (Å²) in [5.74, 6) is 0.916. The van der Waals surface area contributed by atoms with Gasteiger partial charge in [-0.15, -0.1) is 11.8 Å². The second-order valence-electron chi connectivity index (χ2n) is 4.03. The highest BCUT2D eigenvalue weighted by molar-refractivity contribution is 7.98. The molecule has 0 amide bonds.